The van der Waals surface area contributed by atoms with Crippen molar-refractivity contribution in [3.8, 4) is 0 Å². The van der Waals surface area contributed by atoms with E-state index in [0.29, 0.717) is 11.8 Å². The lowest BCUT2D eigenvalue weighted by Gasteiger charge is -2.41. The molecule has 3 rings (SSSR count). The van der Waals surface area contributed by atoms with Gasteiger partial charge in [0.05, 0.1) is 0 Å². The first-order valence-corrected chi connectivity index (χ1v) is 7.77. The number of carbonyl (C=O) groups excluding carboxylic acids is 1. The molecule has 2 aliphatic heterocycles. The fourth-order valence-electron chi connectivity index (χ4n) is 3.43. The predicted octanol–water partition coefficient (Wildman–Crippen LogP) is 2.12. The molecule has 0 aromatic heterocycles. The van der Waals surface area contributed by atoms with Gasteiger partial charge in [-0.15, -0.1) is 0 Å². The van der Waals surface area contributed by atoms with Crippen LogP contribution in [0.2, 0.25) is 0 Å². The fourth-order valence-corrected chi connectivity index (χ4v) is 3.43. The van der Waals surface area contributed by atoms with Crippen LogP contribution in [-0.4, -0.2) is 47.9 Å². The zero-order valence-electron chi connectivity index (χ0n) is 11.6. The van der Waals surface area contributed by atoms with Gasteiger partial charge in [-0.1, -0.05) is 6.92 Å². The molecule has 1 aliphatic carbocycles. The summed E-state index contributed by atoms with van der Waals surface area (Å²) in [5.41, 5.74) is 0. The second-order valence-corrected chi connectivity index (χ2v) is 6.55. The average Bonchev–Trinajstić information content (AvgIpc) is 3.23. The molecular formula is C15H26N2O. The van der Waals surface area contributed by atoms with Crippen LogP contribution < -0.4 is 0 Å². The quantitative estimate of drug-likeness (QED) is 0.749. The highest BCUT2D eigenvalue weighted by Gasteiger charge is 2.36. The van der Waals surface area contributed by atoms with E-state index in [9.17, 15) is 4.79 Å². The van der Waals surface area contributed by atoms with Crippen LogP contribution in [0.4, 0.5) is 0 Å². The van der Waals surface area contributed by atoms with Crippen LogP contribution in [0, 0.1) is 11.8 Å². The molecule has 1 saturated carbocycles. The molecule has 3 heteroatoms. The average molecular weight is 250 g/mol. The lowest BCUT2D eigenvalue weighted by Crippen LogP contribution is -2.49. The highest BCUT2D eigenvalue weighted by atomic mass is 16.2. The number of carbonyl (C=O) groups is 1. The van der Waals surface area contributed by atoms with Crippen molar-refractivity contribution < 1.29 is 4.79 Å². The first-order valence-electron chi connectivity index (χ1n) is 7.77. The van der Waals surface area contributed by atoms with Gasteiger partial charge >= 0.3 is 0 Å². The van der Waals surface area contributed by atoms with Crippen LogP contribution in [0.5, 0.6) is 0 Å². The number of amides is 1. The van der Waals surface area contributed by atoms with E-state index in [0.717, 1.165) is 37.9 Å². The van der Waals surface area contributed by atoms with Gasteiger partial charge in [-0.3, -0.25) is 4.79 Å². The van der Waals surface area contributed by atoms with E-state index >= 15 is 0 Å². The van der Waals surface area contributed by atoms with Gasteiger partial charge in [-0.05, 0) is 57.5 Å². The zero-order valence-corrected chi connectivity index (χ0v) is 11.6. The van der Waals surface area contributed by atoms with Gasteiger partial charge in [0.15, 0.2) is 0 Å². The van der Waals surface area contributed by atoms with E-state index in [1.54, 1.807) is 0 Å². The molecule has 3 aliphatic rings. The van der Waals surface area contributed by atoms with E-state index in [1.807, 2.05) is 0 Å². The second-order valence-electron chi connectivity index (χ2n) is 6.55. The van der Waals surface area contributed by atoms with Gasteiger partial charge in [0.25, 0.3) is 0 Å². The molecule has 3 nitrogen and oxygen atoms in total. The van der Waals surface area contributed by atoms with Crippen LogP contribution in [0.25, 0.3) is 0 Å². The van der Waals surface area contributed by atoms with Gasteiger partial charge in [0.1, 0.15) is 0 Å². The summed E-state index contributed by atoms with van der Waals surface area (Å²) >= 11 is 0. The smallest absolute Gasteiger partial charge is 0.225 e. The Morgan fingerprint density at radius 2 is 1.50 bits per heavy atom. The van der Waals surface area contributed by atoms with Crippen molar-refractivity contribution in [2.24, 2.45) is 11.8 Å². The topological polar surface area (TPSA) is 23.6 Å². The SMILES string of the molecule is CC1CCN(C2CCN(C(=O)C3CC3)CC2)CC1. The van der Waals surface area contributed by atoms with E-state index in [-0.39, 0.29) is 0 Å². The summed E-state index contributed by atoms with van der Waals surface area (Å²) in [6.07, 6.45) is 7.41. The van der Waals surface area contributed by atoms with Crippen LogP contribution in [0.3, 0.4) is 0 Å². The normalized spacial score (nSPS) is 28.6. The van der Waals surface area contributed by atoms with Gasteiger partial charge < -0.3 is 9.80 Å². The summed E-state index contributed by atoms with van der Waals surface area (Å²) in [5.74, 6) is 1.76. The largest absolute Gasteiger partial charge is 0.342 e. The fraction of sp³-hybridized carbons (Fsp3) is 0.933. The maximum Gasteiger partial charge on any atom is 0.225 e. The molecule has 0 unspecified atom stereocenters. The van der Waals surface area contributed by atoms with Gasteiger partial charge in [0, 0.05) is 25.0 Å². The van der Waals surface area contributed by atoms with Crippen molar-refractivity contribution in [1.82, 2.24) is 9.80 Å². The minimum Gasteiger partial charge on any atom is -0.342 e. The van der Waals surface area contributed by atoms with Gasteiger partial charge in [-0.25, -0.2) is 0 Å². The molecule has 18 heavy (non-hydrogen) atoms. The lowest BCUT2D eigenvalue weighted by molar-refractivity contribution is -0.134. The van der Waals surface area contributed by atoms with E-state index in [2.05, 4.69) is 16.7 Å². The molecule has 0 atom stereocenters. The van der Waals surface area contributed by atoms with Crippen molar-refractivity contribution in [1.29, 1.82) is 0 Å². The second kappa shape index (κ2) is 5.20. The van der Waals surface area contributed by atoms with Crippen LogP contribution in [0.15, 0.2) is 0 Å². The Hall–Kier alpha value is -0.570. The highest BCUT2D eigenvalue weighted by molar-refractivity contribution is 5.81. The van der Waals surface area contributed by atoms with Crippen molar-refractivity contribution in [2.75, 3.05) is 26.2 Å². The third kappa shape index (κ3) is 2.71. The molecule has 1 amide bonds. The summed E-state index contributed by atoms with van der Waals surface area (Å²) in [6, 6.07) is 0.751. The molecule has 2 saturated heterocycles. The number of hydrogen-bond acceptors (Lipinski definition) is 2. The summed E-state index contributed by atoms with van der Waals surface area (Å²) in [6.45, 7) is 6.94. The number of piperidine rings is 2. The Bertz CT molecular complexity index is 298. The monoisotopic (exact) mass is 250 g/mol. The number of hydrogen-bond donors (Lipinski definition) is 0. The van der Waals surface area contributed by atoms with Crippen LogP contribution >= 0.6 is 0 Å². The van der Waals surface area contributed by atoms with E-state index < -0.39 is 0 Å². The molecule has 0 N–H and O–H groups in total. The first kappa shape index (κ1) is 12.5. The Morgan fingerprint density at radius 3 is 2.06 bits per heavy atom. The molecule has 3 fully saturated rings. The first-order chi connectivity index (χ1) is 8.74. The maximum absolute atomic E-state index is 12.0. The molecule has 0 aromatic rings. The molecule has 102 valence electrons. The number of rotatable bonds is 2. The molecule has 0 spiro atoms. The van der Waals surface area contributed by atoms with Crippen molar-refractivity contribution in [3.05, 3.63) is 0 Å². The van der Waals surface area contributed by atoms with Crippen molar-refractivity contribution >= 4 is 5.91 Å². The minimum atomic E-state index is 0.400. The Morgan fingerprint density at radius 1 is 0.889 bits per heavy atom. The summed E-state index contributed by atoms with van der Waals surface area (Å²) < 4.78 is 0. The zero-order chi connectivity index (χ0) is 12.5. The third-order valence-electron chi connectivity index (χ3n) is 5.04. The molecular weight excluding hydrogens is 224 g/mol. The van der Waals surface area contributed by atoms with Crippen LogP contribution in [-0.2, 0) is 4.79 Å². The molecule has 0 bridgehead atoms. The standard InChI is InChI=1S/C15H26N2O/c1-12-4-8-16(9-5-12)14-6-10-17(11-7-14)15(18)13-2-3-13/h12-14H,2-11H2,1H3. The number of nitrogens with zero attached hydrogens (tertiary/aromatic N) is 2. The summed E-state index contributed by atoms with van der Waals surface area (Å²) in [7, 11) is 0. The Labute approximate surface area is 111 Å². The summed E-state index contributed by atoms with van der Waals surface area (Å²) in [5, 5.41) is 0. The highest BCUT2D eigenvalue weighted by Crippen LogP contribution is 2.32. The van der Waals surface area contributed by atoms with Gasteiger partial charge in [0.2, 0.25) is 5.91 Å². The molecule has 0 aromatic carbocycles. The van der Waals surface area contributed by atoms with Crippen LogP contribution in [0.1, 0.15) is 45.4 Å². The molecule has 0 radical (unpaired) electrons. The van der Waals surface area contributed by atoms with Crippen molar-refractivity contribution in [3.63, 3.8) is 0 Å². The third-order valence-corrected chi connectivity index (χ3v) is 5.04. The predicted molar refractivity (Wildman–Crippen MR) is 72.3 cm³/mol. The van der Waals surface area contributed by atoms with E-state index in [1.165, 1.54) is 38.8 Å². The lowest BCUT2D eigenvalue weighted by atomic mass is 9.95. The summed E-state index contributed by atoms with van der Waals surface area (Å²) in [4.78, 5) is 16.8. The maximum atomic E-state index is 12.0. The van der Waals surface area contributed by atoms with E-state index in [4.69, 9.17) is 0 Å². The van der Waals surface area contributed by atoms with Crippen molar-refractivity contribution in [2.45, 2.75) is 51.5 Å². The number of likely N-dealkylation sites (tertiary alicyclic amines) is 2. The van der Waals surface area contributed by atoms with Gasteiger partial charge in [-0.2, -0.15) is 0 Å². The Balaban J connectivity index is 1.46. The molecule has 2 heterocycles. The Kier molecular flexibility index (Phi) is 3.60. The minimum absolute atomic E-state index is 0.400.